The second kappa shape index (κ2) is 7.00. The highest BCUT2D eigenvalue weighted by molar-refractivity contribution is 7.89. The van der Waals surface area contributed by atoms with Crippen LogP contribution < -0.4 is 5.73 Å². The summed E-state index contributed by atoms with van der Waals surface area (Å²) in [6.45, 7) is 2.38. The first-order chi connectivity index (χ1) is 9.37. The third-order valence-electron chi connectivity index (χ3n) is 3.68. The van der Waals surface area contributed by atoms with Crippen LogP contribution in [0.4, 0.5) is 8.78 Å². The summed E-state index contributed by atoms with van der Waals surface area (Å²) < 4.78 is 53.6. The minimum absolute atomic E-state index is 0. The number of halogens is 3. The average Bonchev–Trinajstić information content (AvgIpc) is 2.37. The molecule has 2 atom stereocenters. The number of nitrogens with two attached hydrogens (primary N) is 1. The van der Waals surface area contributed by atoms with Gasteiger partial charge in [-0.3, -0.25) is 0 Å². The second-order valence-corrected chi connectivity index (χ2v) is 7.01. The van der Waals surface area contributed by atoms with Crippen LogP contribution in [0.2, 0.25) is 0 Å². The van der Waals surface area contributed by atoms with Crippen LogP contribution in [0.5, 0.6) is 0 Å². The molecule has 1 saturated heterocycles. The van der Waals surface area contributed by atoms with E-state index in [1.54, 1.807) is 0 Å². The zero-order valence-electron chi connectivity index (χ0n) is 11.6. The largest absolute Gasteiger partial charge is 0.329 e. The van der Waals surface area contributed by atoms with Crippen molar-refractivity contribution in [1.82, 2.24) is 4.31 Å². The first-order valence-electron chi connectivity index (χ1n) is 6.54. The van der Waals surface area contributed by atoms with Crippen LogP contribution in [-0.2, 0) is 10.0 Å². The van der Waals surface area contributed by atoms with E-state index in [2.05, 4.69) is 0 Å². The number of hydrogen-bond acceptors (Lipinski definition) is 3. The fraction of sp³-hybridized carbons (Fsp3) is 0.538. The van der Waals surface area contributed by atoms with Gasteiger partial charge >= 0.3 is 0 Å². The van der Waals surface area contributed by atoms with E-state index in [9.17, 15) is 17.2 Å². The molecule has 0 radical (unpaired) electrons. The van der Waals surface area contributed by atoms with Gasteiger partial charge in [0, 0.05) is 19.1 Å². The van der Waals surface area contributed by atoms with Crippen molar-refractivity contribution in [2.45, 2.75) is 30.7 Å². The van der Waals surface area contributed by atoms with Gasteiger partial charge in [0.05, 0.1) is 0 Å². The van der Waals surface area contributed by atoms with E-state index in [4.69, 9.17) is 5.73 Å². The number of sulfonamides is 1. The lowest BCUT2D eigenvalue weighted by Crippen LogP contribution is -2.49. The molecular weight excluding hydrogens is 322 g/mol. The predicted molar refractivity (Wildman–Crippen MR) is 78.7 cm³/mol. The maximum atomic E-state index is 13.7. The highest BCUT2D eigenvalue weighted by Gasteiger charge is 2.37. The molecule has 0 saturated carbocycles. The zero-order chi connectivity index (χ0) is 14.9. The SMILES string of the molecule is CC1CCN(S(=O)(=O)c2c(F)cccc2F)C(CN)C1.Cl. The lowest BCUT2D eigenvalue weighted by atomic mass is 9.94. The Morgan fingerprint density at radius 3 is 2.43 bits per heavy atom. The molecule has 2 rings (SSSR count). The first kappa shape index (κ1) is 18.3. The van der Waals surface area contributed by atoms with Crippen molar-refractivity contribution in [3.05, 3.63) is 29.8 Å². The van der Waals surface area contributed by atoms with Crippen molar-refractivity contribution in [1.29, 1.82) is 0 Å². The third kappa shape index (κ3) is 3.53. The Morgan fingerprint density at radius 2 is 1.90 bits per heavy atom. The smallest absolute Gasteiger partial charge is 0.249 e. The molecule has 1 aromatic rings. The van der Waals surface area contributed by atoms with E-state index in [0.717, 1.165) is 22.5 Å². The van der Waals surface area contributed by atoms with Crippen LogP contribution in [0.3, 0.4) is 0 Å². The predicted octanol–water partition coefficient (Wildman–Crippen LogP) is 2.13. The minimum atomic E-state index is -4.20. The second-order valence-electron chi connectivity index (χ2n) is 5.19. The van der Waals surface area contributed by atoms with E-state index < -0.39 is 32.6 Å². The topological polar surface area (TPSA) is 63.4 Å². The summed E-state index contributed by atoms with van der Waals surface area (Å²) in [5.74, 6) is -1.79. The molecule has 0 amide bonds. The van der Waals surface area contributed by atoms with Crippen molar-refractivity contribution < 1.29 is 17.2 Å². The third-order valence-corrected chi connectivity index (χ3v) is 5.69. The summed E-state index contributed by atoms with van der Waals surface area (Å²) in [6.07, 6.45) is 1.26. The maximum absolute atomic E-state index is 13.7. The summed E-state index contributed by atoms with van der Waals surface area (Å²) in [5.41, 5.74) is 5.61. The Hall–Kier alpha value is -0.760. The molecule has 1 aliphatic heterocycles. The quantitative estimate of drug-likeness (QED) is 0.916. The highest BCUT2D eigenvalue weighted by Crippen LogP contribution is 2.30. The summed E-state index contributed by atoms with van der Waals surface area (Å²) in [4.78, 5) is -0.881. The van der Waals surface area contributed by atoms with Crippen molar-refractivity contribution in [3.63, 3.8) is 0 Å². The van der Waals surface area contributed by atoms with Crippen LogP contribution in [-0.4, -0.2) is 31.9 Å². The molecule has 1 aromatic carbocycles. The van der Waals surface area contributed by atoms with Crippen LogP contribution in [0.25, 0.3) is 0 Å². The van der Waals surface area contributed by atoms with E-state index in [0.29, 0.717) is 18.8 Å². The van der Waals surface area contributed by atoms with Gasteiger partial charge in [0.1, 0.15) is 11.6 Å². The van der Waals surface area contributed by atoms with Gasteiger partial charge in [-0.1, -0.05) is 13.0 Å². The minimum Gasteiger partial charge on any atom is -0.329 e. The standard InChI is InChI=1S/C13H18F2N2O2S.ClH/c1-9-5-6-17(10(7-9)8-16)20(18,19)13-11(14)3-2-4-12(13)15;/h2-4,9-10H,5-8,16H2,1H3;1H. The Kier molecular flexibility index (Phi) is 6.10. The summed E-state index contributed by atoms with van der Waals surface area (Å²) >= 11 is 0. The van der Waals surface area contributed by atoms with Gasteiger partial charge in [0.25, 0.3) is 0 Å². The molecule has 1 fully saturated rings. The van der Waals surface area contributed by atoms with Crippen LogP contribution in [0.1, 0.15) is 19.8 Å². The van der Waals surface area contributed by atoms with Gasteiger partial charge in [0.15, 0.2) is 4.90 Å². The van der Waals surface area contributed by atoms with Gasteiger partial charge in [-0.2, -0.15) is 4.31 Å². The van der Waals surface area contributed by atoms with Crippen LogP contribution in [0.15, 0.2) is 23.1 Å². The normalized spacial score (nSPS) is 23.6. The summed E-state index contributed by atoms with van der Waals surface area (Å²) in [5, 5.41) is 0. The molecule has 1 aliphatic rings. The fourth-order valence-electron chi connectivity index (χ4n) is 2.61. The number of nitrogens with zero attached hydrogens (tertiary/aromatic N) is 1. The van der Waals surface area contributed by atoms with Gasteiger partial charge in [-0.05, 0) is 30.9 Å². The molecule has 0 aliphatic carbocycles. The molecule has 2 N–H and O–H groups in total. The van der Waals surface area contributed by atoms with Crippen LogP contribution >= 0.6 is 12.4 Å². The lowest BCUT2D eigenvalue weighted by Gasteiger charge is -2.36. The van der Waals surface area contributed by atoms with Crippen molar-refractivity contribution >= 4 is 22.4 Å². The van der Waals surface area contributed by atoms with Crippen molar-refractivity contribution in [2.24, 2.45) is 11.7 Å². The molecular formula is C13H19ClF2N2O2S. The monoisotopic (exact) mass is 340 g/mol. The summed E-state index contributed by atoms with van der Waals surface area (Å²) in [6, 6.07) is 2.62. The van der Waals surface area contributed by atoms with Gasteiger partial charge in [0.2, 0.25) is 10.0 Å². The molecule has 2 unspecified atom stereocenters. The lowest BCUT2D eigenvalue weighted by molar-refractivity contribution is 0.210. The molecule has 0 aromatic heterocycles. The van der Waals surface area contributed by atoms with Crippen molar-refractivity contribution in [2.75, 3.05) is 13.1 Å². The first-order valence-corrected chi connectivity index (χ1v) is 7.98. The number of rotatable bonds is 3. The van der Waals surface area contributed by atoms with Gasteiger partial charge in [-0.15, -0.1) is 12.4 Å². The Bertz CT molecular complexity index is 578. The Morgan fingerprint density at radius 1 is 1.33 bits per heavy atom. The number of hydrogen-bond donors (Lipinski definition) is 1. The van der Waals surface area contributed by atoms with E-state index in [-0.39, 0.29) is 25.5 Å². The van der Waals surface area contributed by atoms with E-state index >= 15 is 0 Å². The van der Waals surface area contributed by atoms with Gasteiger partial charge in [-0.25, -0.2) is 17.2 Å². The molecule has 8 heteroatoms. The highest BCUT2D eigenvalue weighted by atomic mass is 35.5. The summed E-state index contributed by atoms with van der Waals surface area (Å²) in [7, 11) is -4.20. The fourth-order valence-corrected chi connectivity index (χ4v) is 4.38. The average molecular weight is 341 g/mol. The molecule has 4 nitrogen and oxygen atoms in total. The van der Waals surface area contributed by atoms with Gasteiger partial charge < -0.3 is 5.73 Å². The molecule has 0 bridgehead atoms. The Balaban J connectivity index is 0.00000220. The maximum Gasteiger partial charge on any atom is 0.249 e. The molecule has 21 heavy (non-hydrogen) atoms. The molecule has 120 valence electrons. The Labute approximate surface area is 129 Å². The number of benzene rings is 1. The van der Waals surface area contributed by atoms with Crippen molar-refractivity contribution in [3.8, 4) is 0 Å². The van der Waals surface area contributed by atoms with Crippen LogP contribution in [0, 0.1) is 17.6 Å². The molecule has 1 heterocycles. The zero-order valence-corrected chi connectivity index (χ0v) is 13.3. The van der Waals surface area contributed by atoms with E-state index in [1.807, 2.05) is 6.92 Å². The number of piperidine rings is 1. The molecule has 0 spiro atoms. The van der Waals surface area contributed by atoms with E-state index in [1.165, 1.54) is 0 Å².